The van der Waals surface area contributed by atoms with Crippen LogP contribution in [0, 0.1) is 0 Å². The molecule has 5 aliphatic rings. The van der Waals surface area contributed by atoms with Crippen molar-refractivity contribution in [1.29, 1.82) is 0 Å². The first-order valence-electron chi connectivity index (χ1n) is 30.6. The molecule has 0 unspecified atom stereocenters. The summed E-state index contributed by atoms with van der Waals surface area (Å²) in [5.41, 5.74) is 37.3. The highest BCUT2D eigenvalue weighted by molar-refractivity contribution is 6.02. The third-order valence-corrected chi connectivity index (χ3v) is 20.6. The van der Waals surface area contributed by atoms with Gasteiger partial charge < -0.3 is 0 Å². The maximum atomic E-state index is 2.49. The SMILES string of the molecule is c1cc(-c2cccc(C3(c4cccc(-c5cccc(-c6cccc7c6-c6ccccc6C76c7ccccc7-c7ccccc76)c5)c4)c4ccccc4-c4ccccc43)c2)cc(-c2cccc3c2-c2ccccc2C32c3ccccc3-c3ccccc32)c1. The topological polar surface area (TPSA) is 0 Å². The van der Waals surface area contributed by atoms with Crippen LogP contribution in [0.5, 0.6) is 0 Å². The minimum atomic E-state index is -0.618. The Bertz CT molecular complexity index is 4840. The minimum Gasteiger partial charge on any atom is -0.0619 e. The van der Waals surface area contributed by atoms with Crippen LogP contribution >= 0.6 is 0 Å². The van der Waals surface area contributed by atoms with Crippen LogP contribution in [-0.4, -0.2) is 0 Å². The van der Waals surface area contributed by atoms with Gasteiger partial charge >= 0.3 is 0 Å². The van der Waals surface area contributed by atoms with Crippen molar-refractivity contribution in [2.75, 3.05) is 0 Å². The molecule has 2 spiro atoms. The summed E-state index contributed by atoms with van der Waals surface area (Å²) in [6, 6.07) is 124. The molecule has 0 bridgehead atoms. The van der Waals surface area contributed by atoms with Gasteiger partial charge in [0, 0.05) is 0 Å². The molecule has 87 heavy (non-hydrogen) atoms. The molecule has 0 radical (unpaired) electrons. The van der Waals surface area contributed by atoms with E-state index in [1.54, 1.807) is 0 Å². The van der Waals surface area contributed by atoms with E-state index in [1.165, 1.54) is 167 Å². The summed E-state index contributed by atoms with van der Waals surface area (Å²) in [6.45, 7) is 0. The van der Waals surface area contributed by atoms with Gasteiger partial charge in [0.25, 0.3) is 0 Å². The van der Waals surface area contributed by atoms with Gasteiger partial charge in [-0.05, 0) is 191 Å². The summed E-state index contributed by atoms with van der Waals surface area (Å²) in [5, 5.41) is 0. The number of hydrogen-bond donors (Lipinski definition) is 0. The van der Waals surface area contributed by atoms with Gasteiger partial charge in [0.05, 0.1) is 16.2 Å². The van der Waals surface area contributed by atoms with Crippen LogP contribution in [-0.2, 0) is 16.2 Å². The fourth-order valence-corrected chi connectivity index (χ4v) is 17.4. The predicted molar refractivity (Wildman–Crippen MR) is 358 cm³/mol. The average molecular weight is 1100 g/mol. The van der Waals surface area contributed by atoms with E-state index in [1.807, 2.05) is 0 Å². The molecule has 0 heteroatoms. The lowest BCUT2D eigenvalue weighted by molar-refractivity contribution is 0.769. The third-order valence-electron chi connectivity index (χ3n) is 20.6. The van der Waals surface area contributed by atoms with Gasteiger partial charge in [0.2, 0.25) is 0 Å². The Labute approximate surface area is 507 Å². The maximum Gasteiger partial charge on any atom is 0.0725 e. The van der Waals surface area contributed by atoms with Crippen molar-refractivity contribution in [2.45, 2.75) is 16.2 Å². The maximum absolute atomic E-state index is 2.49. The van der Waals surface area contributed by atoms with Gasteiger partial charge in [-0.25, -0.2) is 0 Å². The highest BCUT2D eigenvalue weighted by Gasteiger charge is 2.54. The lowest BCUT2D eigenvalue weighted by Crippen LogP contribution is -2.28. The van der Waals surface area contributed by atoms with Crippen LogP contribution in [0.25, 0.3) is 100 Å². The van der Waals surface area contributed by atoms with Crippen LogP contribution in [0.2, 0.25) is 0 Å². The molecule has 0 atom stereocenters. The smallest absolute Gasteiger partial charge is 0.0619 e. The zero-order chi connectivity index (χ0) is 57.0. The summed E-state index contributed by atoms with van der Waals surface area (Å²) in [4.78, 5) is 0. The Morgan fingerprint density at radius 1 is 0.138 bits per heavy atom. The average Bonchev–Trinajstić information content (AvgIpc) is 1.54. The molecule has 0 fully saturated rings. The molecule has 14 aromatic rings. The number of fused-ring (bicyclic) bond motifs is 23. The van der Waals surface area contributed by atoms with E-state index in [0.717, 1.165) is 0 Å². The van der Waals surface area contributed by atoms with E-state index in [9.17, 15) is 0 Å². The largest absolute Gasteiger partial charge is 0.0725 e. The van der Waals surface area contributed by atoms with Crippen molar-refractivity contribution in [3.63, 3.8) is 0 Å². The van der Waals surface area contributed by atoms with Crippen LogP contribution in [0.3, 0.4) is 0 Å². The monoisotopic (exact) mass is 1100 g/mol. The Morgan fingerprint density at radius 2 is 0.356 bits per heavy atom. The summed E-state index contributed by atoms with van der Waals surface area (Å²) in [6.07, 6.45) is 0. The molecular weight excluding hydrogens is 1040 g/mol. The lowest BCUT2D eigenvalue weighted by Gasteiger charge is -2.34. The molecule has 0 amide bonds. The summed E-state index contributed by atoms with van der Waals surface area (Å²) < 4.78 is 0. The first kappa shape index (κ1) is 48.5. The van der Waals surface area contributed by atoms with Gasteiger partial charge in [-0.15, -0.1) is 0 Å². The van der Waals surface area contributed by atoms with Crippen molar-refractivity contribution in [3.8, 4) is 100 Å². The van der Waals surface area contributed by atoms with Crippen LogP contribution in [0.15, 0.2) is 328 Å². The second-order valence-corrected chi connectivity index (χ2v) is 24.4. The number of benzene rings is 14. The van der Waals surface area contributed by atoms with E-state index in [2.05, 4.69) is 328 Å². The third kappa shape index (κ3) is 6.26. The van der Waals surface area contributed by atoms with Crippen molar-refractivity contribution in [3.05, 3.63) is 394 Å². The van der Waals surface area contributed by atoms with Gasteiger partial charge in [-0.3, -0.25) is 0 Å². The molecular formula is C87H54. The van der Waals surface area contributed by atoms with Gasteiger partial charge in [-0.1, -0.05) is 303 Å². The van der Waals surface area contributed by atoms with E-state index >= 15 is 0 Å². The fourth-order valence-electron chi connectivity index (χ4n) is 17.4. The second-order valence-electron chi connectivity index (χ2n) is 24.4. The highest BCUT2D eigenvalue weighted by atomic mass is 14.5. The van der Waals surface area contributed by atoms with Crippen molar-refractivity contribution in [1.82, 2.24) is 0 Å². The molecule has 0 aromatic heterocycles. The molecule has 0 heterocycles. The quantitative estimate of drug-likeness (QED) is 0.156. The zero-order valence-corrected chi connectivity index (χ0v) is 47.7. The minimum absolute atomic E-state index is 0.404. The molecule has 0 nitrogen and oxygen atoms in total. The first-order valence-corrected chi connectivity index (χ1v) is 30.6. The van der Waals surface area contributed by atoms with E-state index in [-0.39, 0.29) is 0 Å². The van der Waals surface area contributed by atoms with E-state index in [0.29, 0.717) is 0 Å². The van der Waals surface area contributed by atoms with Crippen LogP contribution in [0.1, 0.15) is 66.8 Å². The number of hydrogen-bond acceptors (Lipinski definition) is 0. The molecule has 5 aliphatic carbocycles. The Morgan fingerprint density at radius 3 is 0.690 bits per heavy atom. The van der Waals surface area contributed by atoms with Crippen molar-refractivity contribution >= 4 is 0 Å². The molecule has 0 N–H and O–H groups in total. The second kappa shape index (κ2) is 18.1. The Kier molecular flexibility index (Phi) is 10.1. The molecule has 14 aromatic carbocycles. The standard InChI is InChI=1S/C87H54/c1-9-41-73-65(31-1)66-32-2-10-42-74(66)85(73,61-29-19-25-57(53-61)55-23-17-27-59(51-55)63-39-21-49-81-83(63)71-37-7-15-47-79(71)86(81)75-43-11-3-33-67(75)68-34-4-12-44-76(68)86)62-30-20-26-58(54-62)56-24-18-28-60(52-56)64-40-22-50-82-84(64)72-38-8-16-48-80(72)87(82)77-45-13-5-35-69(77)70-36-6-14-46-78(70)87/h1-54H. The van der Waals surface area contributed by atoms with Crippen LogP contribution < -0.4 is 0 Å². The van der Waals surface area contributed by atoms with Gasteiger partial charge in [0.15, 0.2) is 0 Å². The van der Waals surface area contributed by atoms with Gasteiger partial charge in [-0.2, -0.15) is 0 Å². The molecule has 402 valence electrons. The summed E-state index contributed by atoms with van der Waals surface area (Å²) >= 11 is 0. The summed E-state index contributed by atoms with van der Waals surface area (Å²) in [5.74, 6) is 0. The Hall–Kier alpha value is -10.9. The van der Waals surface area contributed by atoms with E-state index in [4.69, 9.17) is 0 Å². The molecule has 0 aliphatic heterocycles. The summed E-state index contributed by atoms with van der Waals surface area (Å²) in [7, 11) is 0. The fraction of sp³-hybridized carbons (Fsp3) is 0.0345. The molecule has 19 rings (SSSR count). The Balaban J connectivity index is 0.749. The van der Waals surface area contributed by atoms with Crippen molar-refractivity contribution in [2.24, 2.45) is 0 Å². The molecule has 0 saturated heterocycles. The zero-order valence-electron chi connectivity index (χ0n) is 47.7. The van der Waals surface area contributed by atoms with Crippen LogP contribution in [0.4, 0.5) is 0 Å². The van der Waals surface area contributed by atoms with Crippen molar-refractivity contribution < 1.29 is 0 Å². The first-order chi connectivity index (χ1) is 43.2. The van der Waals surface area contributed by atoms with E-state index < -0.39 is 16.2 Å². The lowest BCUT2D eigenvalue weighted by atomic mass is 9.67. The normalized spacial score (nSPS) is 14.5. The van der Waals surface area contributed by atoms with Gasteiger partial charge in [0.1, 0.15) is 0 Å². The highest BCUT2D eigenvalue weighted by Crippen LogP contribution is 2.66. The predicted octanol–water partition coefficient (Wildman–Crippen LogP) is 21.4. The molecule has 0 saturated carbocycles. The number of rotatable bonds is 6.